The van der Waals surface area contributed by atoms with Crippen molar-refractivity contribution in [3.63, 3.8) is 0 Å². The summed E-state index contributed by atoms with van der Waals surface area (Å²) in [4.78, 5) is 0. The Hall–Kier alpha value is -1.15. The molecule has 0 aliphatic rings. The third kappa shape index (κ3) is 4.31. The molecule has 0 saturated heterocycles. The molecule has 0 amide bonds. The fourth-order valence-corrected chi connectivity index (χ4v) is 1.98. The van der Waals surface area contributed by atoms with Crippen molar-refractivity contribution in [1.82, 2.24) is 5.32 Å². The highest BCUT2D eigenvalue weighted by atomic mass is 19.1. The van der Waals surface area contributed by atoms with Gasteiger partial charge < -0.3 is 5.32 Å². The quantitative estimate of drug-likeness (QED) is 0.553. The van der Waals surface area contributed by atoms with E-state index in [-0.39, 0.29) is 5.82 Å². The highest BCUT2D eigenvalue weighted by Gasteiger charge is 2.10. The smallest absolute Gasteiger partial charge is 0.126 e. The number of allylic oxidation sites excluding steroid dienone is 1. The molecule has 1 N–H and O–H groups in total. The third-order valence-corrected chi connectivity index (χ3v) is 2.94. The Labute approximate surface area is 104 Å². The summed E-state index contributed by atoms with van der Waals surface area (Å²) in [7, 11) is 0. The molecule has 1 aromatic rings. The summed E-state index contributed by atoms with van der Waals surface area (Å²) in [6, 6.07) is 5.70. The van der Waals surface area contributed by atoms with Crippen molar-refractivity contribution in [2.75, 3.05) is 6.54 Å². The van der Waals surface area contributed by atoms with Gasteiger partial charge in [0.25, 0.3) is 0 Å². The molecule has 1 aromatic carbocycles. The second kappa shape index (κ2) is 7.23. The molecule has 0 bridgehead atoms. The van der Waals surface area contributed by atoms with Gasteiger partial charge in [-0.3, -0.25) is 0 Å². The maximum absolute atomic E-state index is 13.2. The predicted octanol–water partition coefficient (Wildman–Crippen LogP) is 4.14. The minimum atomic E-state index is -0.130. The first-order valence-corrected chi connectivity index (χ1v) is 6.29. The summed E-state index contributed by atoms with van der Waals surface area (Å²) in [5, 5.41) is 3.45. The molecule has 2 heteroatoms. The zero-order valence-corrected chi connectivity index (χ0v) is 10.8. The van der Waals surface area contributed by atoms with Crippen LogP contribution in [-0.4, -0.2) is 6.54 Å². The van der Waals surface area contributed by atoms with Crippen LogP contribution in [-0.2, 0) is 0 Å². The molecule has 0 aliphatic heterocycles. The van der Waals surface area contributed by atoms with Gasteiger partial charge in [-0.25, -0.2) is 4.39 Å². The SMILES string of the molecule is C=CCCCC(NCC)c1ccc(F)c(C)c1. The Morgan fingerprint density at radius 2 is 2.24 bits per heavy atom. The first-order valence-electron chi connectivity index (χ1n) is 6.29. The van der Waals surface area contributed by atoms with Gasteiger partial charge in [-0.05, 0) is 49.9 Å². The van der Waals surface area contributed by atoms with Crippen molar-refractivity contribution in [2.45, 2.75) is 39.2 Å². The Kier molecular flexibility index (Phi) is 5.92. The molecule has 17 heavy (non-hydrogen) atoms. The number of halogens is 1. The van der Waals surface area contributed by atoms with E-state index in [4.69, 9.17) is 0 Å². The van der Waals surface area contributed by atoms with Crippen LogP contribution in [0, 0.1) is 12.7 Å². The first kappa shape index (κ1) is 13.9. The van der Waals surface area contributed by atoms with Gasteiger partial charge in [-0.1, -0.05) is 25.1 Å². The number of hydrogen-bond donors (Lipinski definition) is 1. The summed E-state index contributed by atoms with van der Waals surface area (Å²) in [5.41, 5.74) is 1.89. The van der Waals surface area contributed by atoms with Crippen molar-refractivity contribution in [1.29, 1.82) is 0 Å². The Bertz CT molecular complexity index is 360. The van der Waals surface area contributed by atoms with E-state index in [0.29, 0.717) is 11.6 Å². The van der Waals surface area contributed by atoms with Crippen molar-refractivity contribution >= 4 is 0 Å². The van der Waals surface area contributed by atoms with E-state index in [9.17, 15) is 4.39 Å². The second-order valence-corrected chi connectivity index (χ2v) is 4.34. The molecule has 0 spiro atoms. The molecular formula is C15H22FN. The average Bonchev–Trinajstić information content (AvgIpc) is 2.32. The number of aryl methyl sites for hydroxylation is 1. The van der Waals surface area contributed by atoms with Crippen LogP contribution in [0.1, 0.15) is 43.4 Å². The molecular weight excluding hydrogens is 213 g/mol. The topological polar surface area (TPSA) is 12.0 Å². The maximum Gasteiger partial charge on any atom is 0.126 e. The Morgan fingerprint density at radius 1 is 1.47 bits per heavy atom. The largest absolute Gasteiger partial charge is 0.310 e. The van der Waals surface area contributed by atoms with Crippen LogP contribution in [0.3, 0.4) is 0 Å². The standard InChI is InChI=1S/C15H22FN/c1-4-6-7-8-15(17-5-2)13-9-10-14(16)12(3)11-13/h4,9-11,15,17H,1,5-8H2,2-3H3. The van der Waals surface area contributed by atoms with Gasteiger partial charge in [0.05, 0.1) is 0 Å². The van der Waals surface area contributed by atoms with Crippen LogP contribution in [0.25, 0.3) is 0 Å². The lowest BCUT2D eigenvalue weighted by Gasteiger charge is -2.18. The lowest BCUT2D eigenvalue weighted by Crippen LogP contribution is -2.21. The molecule has 0 heterocycles. The van der Waals surface area contributed by atoms with Crippen LogP contribution in [0.4, 0.5) is 4.39 Å². The summed E-state index contributed by atoms with van der Waals surface area (Å²) >= 11 is 0. The Morgan fingerprint density at radius 3 is 2.82 bits per heavy atom. The highest BCUT2D eigenvalue weighted by molar-refractivity contribution is 5.26. The van der Waals surface area contributed by atoms with Gasteiger partial charge in [0.1, 0.15) is 5.82 Å². The minimum Gasteiger partial charge on any atom is -0.310 e. The summed E-state index contributed by atoms with van der Waals surface area (Å²) in [6.45, 7) is 8.56. The predicted molar refractivity (Wildman–Crippen MR) is 71.6 cm³/mol. The monoisotopic (exact) mass is 235 g/mol. The van der Waals surface area contributed by atoms with Crippen LogP contribution in [0.5, 0.6) is 0 Å². The van der Waals surface area contributed by atoms with Gasteiger partial charge in [-0.15, -0.1) is 6.58 Å². The van der Waals surface area contributed by atoms with E-state index in [0.717, 1.165) is 25.8 Å². The molecule has 0 radical (unpaired) electrons. The van der Waals surface area contributed by atoms with Gasteiger partial charge >= 0.3 is 0 Å². The zero-order chi connectivity index (χ0) is 12.7. The lowest BCUT2D eigenvalue weighted by molar-refractivity contribution is 0.498. The van der Waals surface area contributed by atoms with Crippen LogP contribution >= 0.6 is 0 Å². The van der Waals surface area contributed by atoms with E-state index in [1.807, 2.05) is 25.1 Å². The molecule has 94 valence electrons. The van der Waals surface area contributed by atoms with Gasteiger partial charge in [-0.2, -0.15) is 0 Å². The molecule has 0 aliphatic carbocycles. The molecule has 0 aromatic heterocycles. The van der Waals surface area contributed by atoms with Crippen molar-refractivity contribution < 1.29 is 4.39 Å². The molecule has 1 atom stereocenters. The fraction of sp³-hybridized carbons (Fsp3) is 0.467. The van der Waals surface area contributed by atoms with Gasteiger partial charge in [0, 0.05) is 6.04 Å². The zero-order valence-electron chi connectivity index (χ0n) is 10.8. The van der Waals surface area contributed by atoms with E-state index in [1.54, 1.807) is 6.07 Å². The molecule has 1 nitrogen and oxygen atoms in total. The maximum atomic E-state index is 13.2. The third-order valence-electron chi connectivity index (χ3n) is 2.94. The number of hydrogen-bond acceptors (Lipinski definition) is 1. The van der Waals surface area contributed by atoms with Crippen LogP contribution in [0.15, 0.2) is 30.9 Å². The van der Waals surface area contributed by atoms with E-state index in [2.05, 4.69) is 18.8 Å². The number of benzene rings is 1. The van der Waals surface area contributed by atoms with E-state index in [1.165, 1.54) is 5.56 Å². The first-order chi connectivity index (χ1) is 8.19. The summed E-state index contributed by atoms with van der Waals surface area (Å²) < 4.78 is 13.2. The number of rotatable bonds is 7. The molecule has 0 fully saturated rings. The van der Waals surface area contributed by atoms with Gasteiger partial charge in [0.2, 0.25) is 0 Å². The van der Waals surface area contributed by atoms with E-state index < -0.39 is 0 Å². The van der Waals surface area contributed by atoms with Crippen LogP contribution in [0.2, 0.25) is 0 Å². The molecule has 1 unspecified atom stereocenters. The van der Waals surface area contributed by atoms with Crippen LogP contribution < -0.4 is 5.32 Å². The number of unbranched alkanes of at least 4 members (excludes halogenated alkanes) is 1. The second-order valence-electron chi connectivity index (χ2n) is 4.34. The fourth-order valence-electron chi connectivity index (χ4n) is 1.98. The molecule has 0 saturated carbocycles. The molecule has 1 rings (SSSR count). The minimum absolute atomic E-state index is 0.130. The van der Waals surface area contributed by atoms with Crippen molar-refractivity contribution in [3.8, 4) is 0 Å². The highest BCUT2D eigenvalue weighted by Crippen LogP contribution is 2.21. The van der Waals surface area contributed by atoms with Crippen molar-refractivity contribution in [2.24, 2.45) is 0 Å². The van der Waals surface area contributed by atoms with Gasteiger partial charge in [0.15, 0.2) is 0 Å². The summed E-state index contributed by atoms with van der Waals surface area (Å²) in [6.07, 6.45) is 5.14. The normalized spacial score (nSPS) is 12.4. The number of nitrogens with one attached hydrogen (secondary N) is 1. The Balaban J connectivity index is 2.73. The summed E-state index contributed by atoms with van der Waals surface area (Å²) in [5.74, 6) is -0.130. The van der Waals surface area contributed by atoms with E-state index >= 15 is 0 Å². The lowest BCUT2D eigenvalue weighted by atomic mass is 9.99. The van der Waals surface area contributed by atoms with Crippen molar-refractivity contribution in [3.05, 3.63) is 47.8 Å². The average molecular weight is 235 g/mol.